The van der Waals surface area contributed by atoms with Gasteiger partial charge in [-0.25, -0.2) is 0 Å². The summed E-state index contributed by atoms with van der Waals surface area (Å²) in [7, 11) is 0. The molecule has 0 aromatic carbocycles. The molecule has 0 unspecified atom stereocenters. The second-order valence-corrected chi connectivity index (χ2v) is 16.5. The van der Waals surface area contributed by atoms with Gasteiger partial charge in [0.05, 0.1) is 6.61 Å². The highest BCUT2D eigenvalue weighted by Crippen LogP contribution is 2.38. The minimum atomic E-state index is -2.33. The Hall–Kier alpha value is -1.42. The third-order valence-corrected chi connectivity index (χ3v) is 11.5. The van der Waals surface area contributed by atoms with Crippen molar-refractivity contribution in [2.75, 3.05) is 19.8 Å². The number of hydrogen-bond donors (Lipinski definition) is 6. The van der Waals surface area contributed by atoms with Gasteiger partial charge in [-0.3, -0.25) is 9.59 Å². The van der Waals surface area contributed by atoms with E-state index >= 15 is 0 Å². The summed E-state index contributed by atoms with van der Waals surface area (Å²) in [6.07, 6.45) is 17.7. The molecule has 9 atom stereocenters. The predicted molar refractivity (Wildman–Crippen MR) is 217 cm³/mol. The lowest BCUT2D eigenvalue weighted by molar-refractivity contribution is -0.383. The maximum atomic E-state index is 13.0. The molecule has 13 nitrogen and oxygen atoms in total. The standard InChI is InChI=1S/C44H82O13/c1-3-5-7-9-11-13-15-17-19-21-23-25-27-29-36(47)53-32-35-41(55-37(48)30-28-26-24-22-20-18-16-14-12-10-8-6-4-2)42(52)44(33-46,56-35)57-43-40(51)39(50)38(49)34(31-45)54-43/h34-35,38-43,45-46,49-52H,3-33H2,1-2H3/t34-,35-,38-,39+,40-,41-,42+,43-,44+/m1/s1. The van der Waals surface area contributed by atoms with Gasteiger partial charge in [0.25, 0.3) is 0 Å². The lowest BCUT2D eigenvalue weighted by Gasteiger charge is -2.43. The third-order valence-electron chi connectivity index (χ3n) is 11.5. The monoisotopic (exact) mass is 819 g/mol. The molecule has 2 saturated heterocycles. The van der Waals surface area contributed by atoms with Crippen molar-refractivity contribution < 1.29 is 63.9 Å². The molecule has 0 aliphatic carbocycles. The molecule has 0 spiro atoms. The van der Waals surface area contributed by atoms with E-state index in [1.807, 2.05) is 0 Å². The van der Waals surface area contributed by atoms with Crippen molar-refractivity contribution >= 4 is 11.9 Å². The molecule has 57 heavy (non-hydrogen) atoms. The number of aliphatic hydroxyl groups is 6. The van der Waals surface area contributed by atoms with Gasteiger partial charge in [-0.1, -0.05) is 168 Å². The second kappa shape index (κ2) is 31.5. The first-order chi connectivity index (χ1) is 27.6. The fourth-order valence-corrected chi connectivity index (χ4v) is 7.77. The van der Waals surface area contributed by atoms with E-state index in [4.69, 9.17) is 23.7 Å². The summed E-state index contributed by atoms with van der Waals surface area (Å²) in [4.78, 5) is 25.8. The van der Waals surface area contributed by atoms with Gasteiger partial charge >= 0.3 is 11.9 Å². The average Bonchev–Trinajstić information content (AvgIpc) is 3.46. The Bertz CT molecular complexity index is 1010. The number of aliphatic hydroxyl groups excluding tert-OH is 6. The predicted octanol–water partition coefficient (Wildman–Crippen LogP) is 6.67. The van der Waals surface area contributed by atoms with Crippen LogP contribution in [0.15, 0.2) is 0 Å². The Morgan fingerprint density at radius 1 is 0.544 bits per heavy atom. The van der Waals surface area contributed by atoms with Crippen LogP contribution in [0.4, 0.5) is 0 Å². The van der Waals surface area contributed by atoms with E-state index in [1.54, 1.807) is 0 Å². The van der Waals surface area contributed by atoms with Crippen molar-refractivity contribution in [3.8, 4) is 0 Å². The van der Waals surface area contributed by atoms with Crippen LogP contribution in [0.2, 0.25) is 0 Å². The van der Waals surface area contributed by atoms with E-state index in [9.17, 15) is 40.2 Å². The normalized spacial score (nSPS) is 27.5. The number of carbonyl (C=O) groups is 2. The second-order valence-electron chi connectivity index (χ2n) is 16.5. The van der Waals surface area contributed by atoms with Gasteiger partial charge in [0, 0.05) is 12.8 Å². The van der Waals surface area contributed by atoms with Gasteiger partial charge in [-0.15, -0.1) is 0 Å². The van der Waals surface area contributed by atoms with Gasteiger partial charge in [0.15, 0.2) is 12.4 Å². The SMILES string of the molecule is CCCCCCCCCCCCCCCC(=O)OC[C@H]1O[C@@](CO)(O[C@H]2O[C@H](CO)[C@@H](O)[C@H](O)[C@H]2O)[C@@H](O)[C@@H]1OC(=O)CCCCCCCCCCCCCCC. The molecule has 0 bridgehead atoms. The number of rotatable bonds is 35. The topological polar surface area (TPSA) is 202 Å². The van der Waals surface area contributed by atoms with E-state index in [2.05, 4.69) is 13.8 Å². The molecule has 0 aromatic heterocycles. The molecule has 2 rings (SSSR count). The minimum absolute atomic E-state index is 0.0895. The first kappa shape index (κ1) is 51.7. The summed E-state index contributed by atoms with van der Waals surface area (Å²) in [6.45, 7) is 2.32. The summed E-state index contributed by atoms with van der Waals surface area (Å²) in [5.74, 6) is -3.42. The highest BCUT2D eigenvalue weighted by Gasteiger charge is 2.60. The Morgan fingerprint density at radius 2 is 0.965 bits per heavy atom. The molecule has 2 aliphatic heterocycles. The zero-order valence-corrected chi connectivity index (χ0v) is 35.6. The van der Waals surface area contributed by atoms with Crippen LogP contribution in [0.1, 0.15) is 194 Å². The van der Waals surface area contributed by atoms with Crippen molar-refractivity contribution in [1.29, 1.82) is 0 Å². The summed E-state index contributed by atoms with van der Waals surface area (Å²) in [6, 6.07) is 0. The summed E-state index contributed by atoms with van der Waals surface area (Å²) >= 11 is 0. The van der Waals surface area contributed by atoms with E-state index in [-0.39, 0.29) is 12.8 Å². The Kier molecular flexibility index (Phi) is 28.5. The summed E-state index contributed by atoms with van der Waals surface area (Å²) in [5.41, 5.74) is 0. The number of esters is 2. The van der Waals surface area contributed by atoms with Crippen molar-refractivity contribution in [3.05, 3.63) is 0 Å². The lowest BCUT2D eigenvalue weighted by atomic mass is 9.99. The molecule has 2 heterocycles. The first-order valence-corrected chi connectivity index (χ1v) is 22.9. The molecule has 0 radical (unpaired) electrons. The fraction of sp³-hybridized carbons (Fsp3) is 0.955. The maximum absolute atomic E-state index is 13.0. The van der Waals surface area contributed by atoms with Crippen LogP contribution < -0.4 is 0 Å². The molecule has 2 fully saturated rings. The summed E-state index contributed by atoms with van der Waals surface area (Å²) < 4.78 is 28.3. The fourth-order valence-electron chi connectivity index (χ4n) is 7.77. The van der Waals surface area contributed by atoms with Crippen LogP contribution in [0.25, 0.3) is 0 Å². The lowest BCUT2D eigenvalue weighted by Crippen LogP contribution is -2.62. The zero-order valence-electron chi connectivity index (χ0n) is 35.6. The Labute approximate surface area is 343 Å². The average molecular weight is 819 g/mol. The van der Waals surface area contributed by atoms with Gasteiger partial charge in [-0.05, 0) is 12.8 Å². The molecular formula is C44H82O13. The van der Waals surface area contributed by atoms with Gasteiger partial charge < -0.3 is 54.3 Å². The van der Waals surface area contributed by atoms with Crippen LogP contribution in [-0.4, -0.2) is 117 Å². The van der Waals surface area contributed by atoms with Crippen LogP contribution in [0, 0.1) is 0 Å². The Morgan fingerprint density at radius 3 is 1.39 bits per heavy atom. The molecule has 0 amide bonds. The summed E-state index contributed by atoms with van der Waals surface area (Å²) in [5, 5.41) is 62.6. The quantitative estimate of drug-likeness (QED) is 0.0293. The van der Waals surface area contributed by atoms with E-state index in [1.165, 1.54) is 116 Å². The highest BCUT2D eigenvalue weighted by molar-refractivity contribution is 5.70. The number of unbranched alkanes of at least 4 members (excludes halogenated alkanes) is 24. The van der Waals surface area contributed by atoms with Gasteiger partial charge in [-0.2, -0.15) is 0 Å². The van der Waals surface area contributed by atoms with Crippen LogP contribution in [0.5, 0.6) is 0 Å². The molecule has 2 aliphatic rings. The largest absolute Gasteiger partial charge is 0.463 e. The first-order valence-electron chi connectivity index (χ1n) is 22.9. The number of hydrogen-bond acceptors (Lipinski definition) is 13. The third kappa shape index (κ3) is 20.1. The van der Waals surface area contributed by atoms with Crippen molar-refractivity contribution in [2.45, 2.75) is 248 Å². The minimum Gasteiger partial charge on any atom is -0.463 e. The van der Waals surface area contributed by atoms with Gasteiger partial charge in [0.2, 0.25) is 5.79 Å². The number of ether oxygens (including phenoxy) is 5. The smallest absolute Gasteiger partial charge is 0.306 e. The Balaban J connectivity index is 1.84. The van der Waals surface area contributed by atoms with E-state index in [0.717, 1.165) is 38.5 Å². The highest BCUT2D eigenvalue weighted by atomic mass is 16.8. The van der Waals surface area contributed by atoms with E-state index < -0.39 is 86.6 Å². The van der Waals surface area contributed by atoms with Crippen molar-refractivity contribution in [1.82, 2.24) is 0 Å². The molecule has 0 aromatic rings. The zero-order chi connectivity index (χ0) is 41.7. The molecule has 6 N–H and O–H groups in total. The van der Waals surface area contributed by atoms with Crippen LogP contribution in [0.3, 0.4) is 0 Å². The van der Waals surface area contributed by atoms with Crippen molar-refractivity contribution in [3.63, 3.8) is 0 Å². The van der Waals surface area contributed by atoms with Gasteiger partial charge in [0.1, 0.15) is 49.8 Å². The molecular weight excluding hydrogens is 736 g/mol. The maximum Gasteiger partial charge on any atom is 0.306 e. The number of carbonyl (C=O) groups excluding carboxylic acids is 2. The van der Waals surface area contributed by atoms with Crippen LogP contribution in [-0.2, 0) is 33.3 Å². The molecule has 336 valence electrons. The molecule has 13 heteroatoms. The van der Waals surface area contributed by atoms with Crippen LogP contribution >= 0.6 is 0 Å². The van der Waals surface area contributed by atoms with Crippen molar-refractivity contribution in [2.24, 2.45) is 0 Å². The van der Waals surface area contributed by atoms with E-state index in [0.29, 0.717) is 12.8 Å². The molecule has 0 saturated carbocycles.